The Morgan fingerprint density at radius 1 is 1.48 bits per heavy atom. The molecule has 1 aromatic heterocycles. The van der Waals surface area contributed by atoms with E-state index in [4.69, 9.17) is 10.5 Å². The first-order valence-corrected chi connectivity index (χ1v) is 7.80. The van der Waals surface area contributed by atoms with Crippen LogP contribution in [0.2, 0.25) is 0 Å². The van der Waals surface area contributed by atoms with Gasteiger partial charge in [-0.1, -0.05) is 18.2 Å². The maximum absolute atomic E-state index is 12.1. The number of fused-ring (bicyclic) bond motifs is 1. The number of nitrogens with two attached hydrogens (primary N) is 1. The van der Waals surface area contributed by atoms with Gasteiger partial charge in [-0.05, 0) is 18.1 Å². The predicted octanol–water partition coefficient (Wildman–Crippen LogP) is 1.90. The third kappa shape index (κ3) is 3.06. The number of ether oxygens (including phenoxy) is 1. The van der Waals surface area contributed by atoms with E-state index in [1.54, 1.807) is 5.38 Å². The van der Waals surface area contributed by atoms with Crippen LogP contribution in [0.5, 0.6) is 5.75 Å². The Hall–Kier alpha value is -1.92. The number of carbonyl (C=O) groups excluding carboxylic acids is 1. The minimum atomic E-state index is -0.144. The second-order valence-electron chi connectivity index (χ2n) is 4.91. The van der Waals surface area contributed by atoms with E-state index >= 15 is 0 Å². The van der Waals surface area contributed by atoms with Crippen molar-refractivity contribution in [2.45, 2.75) is 18.9 Å². The molecule has 1 aliphatic heterocycles. The van der Waals surface area contributed by atoms with E-state index in [0.29, 0.717) is 25.4 Å². The summed E-state index contributed by atoms with van der Waals surface area (Å²) in [7, 11) is 0. The van der Waals surface area contributed by atoms with Gasteiger partial charge in [0.05, 0.1) is 6.61 Å². The van der Waals surface area contributed by atoms with Crippen LogP contribution in [0, 0.1) is 0 Å². The van der Waals surface area contributed by atoms with Crippen molar-refractivity contribution >= 4 is 17.2 Å². The van der Waals surface area contributed by atoms with Gasteiger partial charge in [0.2, 0.25) is 0 Å². The molecule has 3 rings (SSSR count). The lowest BCUT2D eigenvalue weighted by Gasteiger charge is -2.25. The number of para-hydroxylation sites is 1. The van der Waals surface area contributed by atoms with Gasteiger partial charge in [0.1, 0.15) is 16.5 Å². The highest BCUT2D eigenvalue weighted by molar-refractivity contribution is 7.09. The smallest absolute Gasteiger partial charge is 0.270 e. The standard InChI is InChI=1S/C15H17N3O2S/c16-7-14-18-12(9-21-14)15(19)17-8-10-5-6-20-13-4-2-1-3-11(10)13/h1-4,9-10H,5-8,16H2,(H,17,19). The molecule has 1 unspecified atom stereocenters. The van der Waals surface area contributed by atoms with E-state index in [1.807, 2.05) is 18.2 Å². The Balaban J connectivity index is 1.64. The number of aromatic nitrogens is 1. The fourth-order valence-electron chi connectivity index (χ4n) is 2.44. The summed E-state index contributed by atoms with van der Waals surface area (Å²) in [6.45, 7) is 1.64. The van der Waals surface area contributed by atoms with Gasteiger partial charge in [0.15, 0.2) is 0 Å². The Morgan fingerprint density at radius 3 is 3.14 bits per heavy atom. The predicted molar refractivity (Wildman–Crippen MR) is 81.6 cm³/mol. The summed E-state index contributed by atoms with van der Waals surface area (Å²) in [6.07, 6.45) is 0.905. The third-order valence-corrected chi connectivity index (χ3v) is 4.42. The summed E-state index contributed by atoms with van der Waals surface area (Å²) in [5.41, 5.74) is 7.11. The molecule has 0 bridgehead atoms. The van der Waals surface area contributed by atoms with Crippen LogP contribution >= 0.6 is 11.3 Å². The number of amides is 1. The topological polar surface area (TPSA) is 77.2 Å². The SMILES string of the molecule is NCc1nc(C(=O)NCC2CCOc3ccccc32)cs1. The van der Waals surface area contributed by atoms with Gasteiger partial charge in [0.25, 0.3) is 5.91 Å². The van der Waals surface area contributed by atoms with E-state index in [-0.39, 0.29) is 11.8 Å². The first-order chi connectivity index (χ1) is 10.3. The fraction of sp³-hybridized carbons (Fsp3) is 0.333. The Morgan fingerprint density at radius 2 is 2.33 bits per heavy atom. The molecule has 0 saturated carbocycles. The number of hydrogen-bond acceptors (Lipinski definition) is 5. The second kappa shape index (κ2) is 6.24. The van der Waals surface area contributed by atoms with Crippen molar-refractivity contribution in [1.82, 2.24) is 10.3 Å². The van der Waals surface area contributed by atoms with Gasteiger partial charge < -0.3 is 15.8 Å². The van der Waals surface area contributed by atoms with Crippen LogP contribution in [0.1, 0.15) is 33.4 Å². The molecule has 1 aliphatic rings. The zero-order valence-corrected chi connectivity index (χ0v) is 12.4. The first-order valence-electron chi connectivity index (χ1n) is 6.92. The number of rotatable bonds is 4. The Kier molecular flexibility index (Phi) is 4.17. The lowest BCUT2D eigenvalue weighted by Crippen LogP contribution is -2.31. The highest BCUT2D eigenvalue weighted by Crippen LogP contribution is 2.32. The molecule has 0 aliphatic carbocycles. The Labute approximate surface area is 127 Å². The minimum Gasteiger partial charge on any atom is -0.493 e. The average Bonchev–Trinajstić information content (AvgIpc) is 3.01. The second-order valence-corrected chi connectivity index (χ2v) is 5.86. The number of benzene rings is 1. The largest absolute Gasteiger partial charge is 0.493 e. The van der Waals surface area contributed by atoms with Crippen molar-refractivity contribution in [2.75, 3.05) is 13.2 Å². The fourth-order valence-corrected chi connectivity index (χ4v) is 3.10. The third-order valence-electron chi connectivity index (χ3n) is 3.55. The maximum Gasteiger partial charge on any atom is 0.270 e. The van der Waals surface area contributed by atoms with Crippen molar-refractivity contribution in [3.05, 3.63) is 45.9 Å². The molecule has 0 fully saturated rings. The minimum absolute atomic E-state index is 0.144. The molecule has 110 valence electrons. The molecular weight excluding hydrogens is 286 g/mol. The van der Waals surface area contributed by atoms with Crippen molar-refractivity contribution in [3.8, 4) is 5.75 Å². The number of carbonyl (C=O) groups is 1. The summed E-state index contributed by atoms with van der Waals surface area (Å²) >= 11 is 1.41. The number of nitrogens with one attached hydrogen (secondary N) is 1. The highest BCUT2D eigenvalue weighted by Gasteiger charge is 2.22. The number of thiazole rings is 1. The molecule has 1 aromatic carbocycles. The van der Waals surface area contributed by atoms with Gasteiger partial charge in [-0.3, -0.25) is 4.79 Å². The van der Waals surface area contributed by atoms with Gasteiger partial charge in [-0.25, -0.2) is 4.98 Å². The maximum atomic E-state index is 12.1. The zero-order valence-electron chi connectivity index (χ0n) is 11.5. The van der Waals surface area contributed by atoms with E-state index in [9.17, 15) is 4.79 Å². The molecule has 0 spiro atoms. The van der Waals surface area contributed by atoms with Gasteiger partial charge in [-0.2, -0.15) is 0 Å². The normalized spacial score (nSPS) is 16.9. The molecule has 3 N–H and O–H groups in total. The summed E-state index contributed by atoms with van der Waals surface area (Å²) in [4.78, 5) is 16.3. The molecule has 6 heteroatoms. The molecule has 5 nitrogen and oxygen atoms in total. The van der Waals surface area contributed by atoms with Crippen LogP contribution in [0.25, 0.3) is 0 Å². The summed E-state index contributed by atoms with van der Waals surface area (Å²) < 4.78 is 5.63. The van der Waals surface area contributed by atoms with Crippen LogP contribution in [-0.4, -0.2) is 24.0 Å². The quantitative estimate of drug-likeness (QED) is 0.904. The molecule has 21 heavy (non-hydrogen) atoms. The molecule has 2 heterocycles. The van der Waals surface area contributed by atoms with Crippen molar-refractivity contribution in [1.29, 1.82) is 0 Å². The van der Waals surface area contributed by atoms with Gasteiger partial charge in [-0.15, -0.1) is 11.3 Å². The molecular formula is C15H17N3O2S. The lowest BCUT2D eigenvalue weighted by molar-refractivity contribution is 0.0944. The van der Waals surface area contributed by atoms with Crippen molar-refractivity contribution in [2.24, 2.45) is 5.73 Å². The van der Waals surface area contributed by atoms with Crippen molar-refractivity contribution < 1.29 is 9.53 Å². The molecule has 1 amide bonds. The van der Waals surface area contributed by atoms with Crippen molar-refractivity contribution in [3.63, 3.8) is 0 Å². The van der Waals surface area contributed by atoms with Gasteiger partial charge in [0, 0.05) is 24.4 Å². The van der Waals surface area contributed by atoms with Crippen LogP contribution in [-0.2, 0) is 6.54 Å². The van der Waals surface area contributed by atoms with E-state index in [0.717, 1.165) is 22.7 Å². The van der Waals surface area contributed by atoms with E-state index < -0.39 is 0 Å². The highest BCUT2D eigenvalue weighted by atomic mass is 32.1. The van der Waals surface area contributed by atoms with Crippen LogP contribution in [0.15, 0.2) is 29.6 Å². The van der Waals surface area contributed by atoms with Crippen LogP contribution in [0.4, 0.5) is 0 Å². The molecule has 0 radical (unpaired) electrons. The van der Waals surface area contributed by atoms with Crippen LogP contribution < -0.4 is 15.8 Å². The summed E-state index contributed by atoms with van der Waals surface area (Å²) in [6, 6.07) is 7.98. The molecule has 1 atom stereocenters. The summed E-state index contributed by atoms with van der Waals surface area (Å²) in [5, 5.41) is 5.48. The van der Waals surface area contributed by atoms with E-state index in [1.165, 1.54) is 11.3 Å². The van der Waals surface area contributed by atoms with E-state index in [2.05, 4.69) is 16.4 Å². The number of nitrogens with zero attached hydrogens (tertiary/aromatic N) is 1. The van der Waals surface area contributed by atoms with Gasteiger partial charge >= 0.3 is 0 Å². The van der Waals surface area contributed by atoms with Crippen LogP contribution in [0.3, 0.4) is 0 Å². The zero-order chi connectivity index (χ0) is 14.7. The average molecular weight is 303 g/mol. The number of hydrogen-bond donors (Lipinski definition) is 2. The molecule has 2 aromatic rings. The monoisotopic (exact) mass is 303 g/mol. The first kappa shape index (κ1) is 14.0. The Bertz CT molecular complexity index is 641. The summed E-state index contributed by atoms with van der Waals surface area (Å²) in [5.74, 6) is 1.06. The lowest BCUT2D eigenvalue weighted by atomic mass is 9.93. The molecule has 0 saturated heterocycles.